The maximum atomic E-state index is 4.47. The van der Waals surface area contributed by atoms with E-state index in [4.69, 9.17) is 0 Å². The maximum Gasteiger partial charge on any atom is 0.106 e. The average Bonchev–Trinajstić information content (AvgIpc) is 2.73. The predicted molar refractivity (Wildman–Crippen MR) is 89.5 cm³/mol. The molecule has 2 rings (SSSR count). The summed E-state index contributed by atoms with van der Waals surface area (Å²) in [5, 5.41) is 6.72. The van der Waals surface area contributed by atoms with Gasteiger partial charge in [-0.3, -0.25) is 0 Å². The van der Waals surface area contributed by atoms with Crippen molar-refractivity contribution in [1.82, 2.24) is 10.6 Å². The third-order valence-corrected chi connectivity index (χ3v) is 3.57. The molecule has 1 aliphatic carbocycles. The molecule has 0 saturated carbocycles. The number of amidine groups is 1. The van der Waals surface area contributed by atoms with Gasteiger partial charge in [-0.2, -0.15) is 0 Å². The average molecular weight is 281 g/mol. The largest absolute Gasteiger partial charge is 0.357 e. The highest BCUT2D eigenvalue weighted by Crippen LogP contribution is 2.27. The van der Waals surface area contributed by atoms with Crippen molar-refractivity contribution < 1.29 is 0 Å². The molecule has 2 N–H and O–H groups in total. The van der Waals surface area contributed by atoms with Crippen LogP contribution in [0.5, 0.6) is 0 Å². The molecule has 2 aliphatic rings. The molecule has 0 spiro atoms. The summed E-state index contributed by atoms with van der Waals surface area (Å²) in [5.41, 5.74) is 8.65. The van der Waals surface area contributed by atoms with Crippen LogP contribution in [-0.4, -0.2) is 5.84 Å². The van der Waals surface area contributed by atoms with Crippen LogP contribution in [0.1, 0.15) is 33.6 Å². The van der Waals surface area contributed by atoms with Gasteiger partial charge in [0.1, 0.15) is 5.84 Å². The van der Waals surface area contributed by atoms with Gasteiger partial charge >= 0.3 is 0 Å². The van der Waals surface area contributed by atoms with E-state index in [-0.39, 0.29) is 0 Å². The van der Waals surface area contributed by atoms with Crippen molar-refractivity contribution in [3.63, 3.8) is 0 Å². The van der Waals surface area contributed by atoms with Gasteiger partial charge in [-0.1, -0.05) is 20.1 Å². The van der Waals surface area contributed by atoms with Gasteiger partial charge < -0.3 is 10.6 Å². The summed E-state index contributed by atoms with van der Waals surface area (Å²) in [4.78, 5) is 4.47. The molecular weight excluding hydrogens is 258 g/mol. The van der Waals surface area contributed by atoms with Gasteiger partial charge in [0.2, 0.25) is 0 Å². The summed E-state index contributed by atoms with van der Waals surface area (Å²) in [6.45, 7) is 13.8. The Bertz CT molecular complexity index is 623. The number of aliphatic imine (C=N–C) groups is 1. The molecule has 3 heteroatoms. The number of allylic oxidation sites excluding steroid dienone is 6. The Morgan fingerprint density at radius 1 is 1.52 bits per heavy atom. The first-order valence-corrected chi connectivity index (χ1v) is 7.22. The van der Waals surface area contributed by atoms with E-state index >= 15 is 0 Å². The van der Waals surface area contributed by atoms with Crippen LogP contribution >= 0.6 is 0 Å². The molecule has 1 unspecified atom stereocenters. The minimum Gasteiger partial charge on any atom is -0.357 e. The van der Waals surface area contributed by atoms with Crippen LogP contribution in [0, 0.1) is 5.92 Å². The van der Waals surface area contributed by atoms with Gasteiger partial charge in [0.25, 0.3) is 0 Å². The van der Waals surface area contributed by atoms with Gasteiger partial charge in [-0.25, -0.2) is 4.99 Å². The van der Waals surface area contributed by atoms with E-state index in [1.165, 1.54) is 16.8 Å². The lowest BCUT2D eigenvalue weighted by Crippen LogP contribution is -2.29. The number of rotatable bonds is 4. The molecule has 0 fully saturated rings. The molecule has 1 atom stereocenters. The third kappa shape index (κ3) is 3.87. The Labute approximate surface area is 127 Å². The first-order valence-electron chi connectivity index (χ1n) is 7.22. The Morgan fingerprint density at radius 3 is 2.90 bits per heavy atom. The van der Waals surface area contributed by atoms with Crippen LogP contribution < -0.4 is 10.6 Å². The van der Waals surface area contributed by atoms with Crippen molar-refractivity contribution >= 4 is 5.84 Å². The number of nitrogens with zero attached hydrogens (tertiary/aromatic N) is 1. The molecule has 1 aliphatic heterocycles. The molecule has 0 radical (unpaired) electrons. The van der Waals surface area contributed by atoms with E-state index < -0.39 is 0 Å². The molecular formula is C18H23N3. The van der Waals surface area contributed by atoms with E-state index in [1.807, 2.05) is 19.2 Å². The summed E-state index contributed by atoms with van der Waals surface area (Å²) >= 11 is 0. The minimum absolute atomic E-state index is 0.400. The number of hydrogen-bond acceptors (Lipinski definition) is 3. The molecule has 0 saturated heterocycles. The van der Waals surface area contributed by atoms with E-state index in [9.17, 15) is 0 Å². The van der Waals surface area contributed by atoms with Crippen molar-refractivity contribution in [2.45, 2.75) is 33.6 Å². The molecule has 0 amide bonds. The van der Waals surface area contributed by atoms with Gasteiger partial charge in [0.05, 0.1) is 0 Å². The summed E-state index contributed by atoms with van der Waals surface area (Å²) in [6, 6.07) is 0. The van der Waals surface area contributed by atoms with Crippen LogP contribution in [0.4, 0.5) is 0 Å². The lowest BCUT2D eigenvalue weighted by molar-refractivity contribution is 0.641. The van der Waals surface area contributed by atoms with Crippen molar-refractivity contribution in [2.24, 2.45) is 10.9 Å². The van der Waals surface area contributed by atoms with Crippen molar-refractivity contribution in [3.8, 4) is 0 Å². The molecule has 0 aromatic carbocycles. The summed E-state index contributed by atoms with van der Waals surface area (Å²) in [5.74, 6) is 1.38. The summed E-state index contributed by atoms with van der Waals surface area (Å²) in [7, 11) is 0. The van der Waals surface area contributed by atoms with Gasteiger partial charge in [-0.05, 0) is 43.6 Å². The monoisotopic (exact) mass is 281 g/mol. The summed E-state index contributed by atoms with van der Waals surface area (Å²) in [6.07, 6.45) is 7.85. The topological polar surface area (TPSA) is 36.4 Å². The highest BCUT2D eigenvalue weighted by atomic mass is 15.0. The van der Waals surface area contributed by atoms with Crippen LogP contribution in [0.25, 0.3) is 0 Å². The lowest BCUT2D eigenvalue weighted by Gasteiger charge is -2.23. The van der Waals surface area contributed by atoms with E-state index in [1.54, 1.807) is 0 Å². The Hall–Kier alpha value is -2.25. The van der Waals surface area contributed by atoms with Gasteiger partial charge in [0, 0.05) is 35.6 Å². The first-order chi connectivity index (χ1) is 9.99. The predicted octanol–water partition coefficient (Wildman–Crippen LogP) is 3.92. The summed E-state index contributed by atoms with van der Waals surface area (Å²) < 4.78 is 0. The van der Waals surface area contributed by atoms with Gasteiger partial charge in [-0.15, -0.1) is 5.73 Å². The second kappa shape index (κ2) is 6.47. The molecule has 0 bridgehead atoms. The van der Waals surface area contributed by atoms with Crippen molar-refractivity contribution in [2.75, 3.05) is 0 Å². The Kier molecular flexibility index (Phi) is 4.66. The fourth-order valence-corrected chi connectivity index (χ4v) is 2.50. The zero-order chi connectivity index (χ0) is 15.4. The molecule has 0 aromatic rings. The lowest BCUT2D eigenvalue weighted by atomic mass is 10.0. The van der Waals surface area contributed by atoms with Crippen LogP contribution in [0.2, 0.25) is 0 Å². The van der Waals surface area contributed by atoms with Crippen LogP contribution in [0.15, 0.2) is 70.5 Å². The zero-order valence-corrected chi connectivity index (χ0v) is 13.1. The Balaban J connectivity index is 2.11. The fraction of sp³-hybridized carbons (Fsp3) is 0.333. The van der Waals surface area contributed by atoms with Gasteiger partial charge in [0.15, 0.2) is 0 Å². The zero-order valence-electron chi connectivity index (χ0n) is 13.1. The third-order valence-electron chi connectivity index (χ3n) is 3.57. The number of hydrogen-bond donors (Lipinski definition) is 2. The van der Waals surface area contributed by atoms with Crippen molar-refractivity contribution in [1.29, 1.82) is 0 Å². The minimum atomic E-state index is 0.400. The molecule has 3 nitrogen and oxygen atoms in total. The highest BCUT2D eigenvalue weighted by Gasteiger charge is 2.19. The second-order valence-electron chi connectivity index (χ2n) is 5.73. The normalized spacial score (nSPS) is 21.1. The molecule has 0 aromatic heterocycles. The van der Waals surface area contributed by atoms with Crippen LogP contribution in [-0.2, 0) is 0 Å². The smallest absolute Gasteiger partial charge is 0.106 e. The molecule has 21 heavy (non-hydrogen) atoms. The van der Waals surface area contributed by atoms with E-state index in [0.717, 1.165) is 30.1 Å². The van der Waals surface area contributed by atoms with Crippen LogP contribution in [0.3, 0.4) is 0 Å². The fourth-order valence-electron chi connectivity index (χ4n) is 2.50. The second-order valence-corrected chi connectivity index (χ2v) is 5.73. The quantitative estimate of drug-likeness (QED) is 0.766. The molecule has 110 valence electrons. The number of nitrogens with one attached hydrogen (secondary N) is 2. The SMILES string of the molecule is C=C=CC1=CC(NC2=CN=C(NC(=C)C)CC2C)=C(C)C1. The maximum absolute atomic E-state index is 4.47. The molecule has 1 heterocycles. The first kappa shape index (κ1) is 15.1. The van der Waals surface area contributed by atoms with E-state index in [2.05, 4.69) is 54.4 Å². The Morgan fingerprint density at radius 2 is 2.29 bits per heavy atom. The highest BCUT2D eigenvalue weighted by molar-refractivity contribution is 5.85. The standard InChI is InChI=1S/C18H23N3/c1-6-7-15-8-13(4)16(10-15)21-17-11-19-18(9-14(17)5)20-12(2)3/h7,10-11,14,21H,1-2,8-9H2,3-5H3,(H,19,20). The van der Waals surface area contributed by atoms with E-state index in [0.29, 0.717) is 5.92 Å². The van der Waals surface area contributed by atoms with Crippen molar-refractivity contribution in [3.05, 3.63) is 65.5 Å².